The molecule has 1 saturated carbocycles. The Morgan fingerprint density at radius 2 is 1.97 bits per heavy atom. The van der Waals surface area contributed by atoms with Crippen molar-refractivity contribution in [1.29, 1.82) is 5.41 Å². The Kier molecular flexibility index (Phi) is 5.43. The lowest BCUT2D eigenvalue weighted by molar-refractivity contribution is 0.543. The monoisotopic (exact) mass is 522 g/mol. The van der Waals surface area contributed by atoms with Crippen LogP contribution in [0, 0.1) is 28.9 Å². The Morgan fingerprint density at radius 3 is 2.68 bits per heavy atom. The van der Waals surface area contributed by atoms with Crippen molar-refractivity contribution in [2.24, 2.45) is 24.6 Å². The number of halogens is 3. The molecule has 1 aliphatic heterocycles. The molecular weight excluding hydrogens is 498 g/mol. The van der Waals surface area contributed by atoms with Crippen LogP contribution >= 0.6 is 11.6 Å². The SMILES string of the molecule is Cn1cc2c(Cl)c(C(=N)c3ncc(N4CC[C@@H]5[C@H](C4)[C@@]5(CN)c4cc(F)cc(F)c4)nc3N)ccc2n1. The minimum atomic E-state index is -0.595. The van der Waals surface area contributed by atoms with Crippen molar-refractivity contribution < 1.29 is 8.78 Å². The molecule has 11 heteroatoms. The van der Waals surface area contributed by atoms with E-state index in [2.05, 4.69) is 20.0 Å². The highest BCUT2D eigenvalue weighted by atomic mass is 35.5. The van der Waals surface area contributed by atoms with Gasteiger partial charge in [-0.05, 0) is 48.1 Å². The second-order valence-electron chi connectivity index (χ2n) is 9.85. The quantitative estimate of drug-likeness (QED) is 0.344. The standard InChI is InChI=1S/C26H25ClF2N8/c1-36-10-17-20(35-36)3-2-16(22(17)27)23(31)24-25(32)34-21(9-33-24)37-5-4-18-19(11-37)26(18,12-30)13-6-14(28)8-15(29)7-13/h2-3,6-10,18-19,31H,4-5,11-12,30H2,1H3,(H2,32,34)/t18-,19+,26+/m1/s1. The van der Waals surface area contributed by atoms with E-state index in [1.165, 1.54) is 12.1 Å². The van der Waals surface area contributed by atoms with E-state index in [4.69, 9.17) is 28.5 Å². The first-order valence-electron chi connectivity index (χ1n) is 12.0. The van der Waals surface area contributed by atoms with Gasteiger partial charge in [0.25, 0.3) is 0 Å². The van der Waals surface area contributed by atoms with Gasteiger partial charge in [0, 0.05) is 55.3 Å². The van der Waals surface area contributed by atoms with Crippen LogP contribution in [-0.4, -0.2) is 45.1 Å². The molecular formula is C26H25ClF2N8. The third-order valence-corrected chi connectivity index (χ3v) is 8.33. The van der Waals surface area contributed by atoms with E-state index in [-0.39, 0.29) is 29.1 Å². The molecule has 6 rings (SSSR count). The molecule has 2 aromatic heterocycles. The zero-order chi connectivity index (χ0) is 26.1. The molecule has 0 amide bonds. The fourth-order valence-electron chi connectivity index (χ4n) is 6.09. The fourth-order valence-corrected chi connectivity index (χ4v) is 6.40. The number of aryl methyl sites for hydroxylation is 1. The first-order chi connectivity index (χ1) is 17.7. The summed E-state index contributed by atoms with van der Waals surface area (Å²) in [7, 11) is 1.81. The van der Waals surface area contributed by atoms with Crippen LogP contribution in [0.15, 0.2) is 42.7 Å². The summed E-state index contributed by atoms with van der Waals surface area (Å²) >= 11 is 6.59. The lowest BCUT2D eigenvalue weighted by Crippen LogP contribution is -2.33. The van der Waals surface area contributed by atoms with Gasteiger partial charge in [-0.1, -0.05) is 11.6 Å². The number of nitrogens with one attached hydrogen (secondary N) is 1. The van der Waals surface area contributed by atoms with Crippen LogP contribution in [0.4, 0.5) is 20.4 Å². The maximum absolute atomic E-state index is 14.0. The van der Waals surface area contributed by atoms with Crippen LogP contribution < -0.4 is 16.4 Å². The molecule has 190 valence electrons. The van der Waals surface area contributed by atoms with Crippen molar-refractivity contribution in [2.75, 3.05) is 30.3 Å². The summed E-state index contributed by atoms with van der Waals surface area (Å²) < 4.78 is 29.6. The molecule has 3 heterocycles. The number of nitrogens with zero attached hydrogens (tertiary/aromatic N) is 5. The summed E-state index contributed by atoms with van der Waals surface area (Å²) in [5.41, 5.74) is 14.1. The van der Waals surface area contributed by atoms with E-state index in [1.807, 2.05) is 7.05 Å². The number of hydrogen-bond donors (Lipinski definition) is 3. The van der Waals surface area contributed by atoms with Crippen molar-refractivity contribution in [3.8, 4) is 0 Å². The van der Waals surface area contributed by atoms with Crippen LogP contribution in [0.1, 0.15) is 23.2 Å². The van der Waals surface area contributed by atoms with Gasteiger partial charge in [-0.25, -0.2) is 18.7 Å². The Morgan fingerprint density at radius 1 is 1.22 bits per heavy atom. The Balaban J connectivity index is 1.25. The number of fused-ring (bicyclic) bond motifs is 2. The molecule has 2 fully saturated rings. The number of piperidine rings is 1. The molecule has 8 nitrogen and oxygen atoms in total. The summed E-state index contributed by atoms with van der Waals surface area (Å²) in [6.07, 6.45) is 4.21. The zero-order valence-electron chi connectivity index (χ0n) is 20.0. The zero-order valence-corrected chi connectivity index (χ0v) is 20.8. The van der Waals surface area contributed by atoms with Gasteiger partial charge in [0.15, 0.2) is 5.82 Å². The number of nitrogens with two attached hydrogens (primary N) is 2. The topological polar surface area (TPSA) is 123 Å². The molecule has 0 radical (unpaired) electrons. The highest BCUT2D eigenvalue weighted by Gasteiger charge is 2.65. The average Bonchev–Trinajstić information content (AvgIpc) is 3.36. The molecule has 3 atom stereocenters. The van der Waals surface area contributed by atoms with E-state index in [1.54, 1.807) is 29.2 Å². The van der Waals surface area contributed by atoms with E-state index < -0.39 is 17.0 Å². The summed E-state index contributed by atoms with van der Waals surface area (Å²) in [6.45, 7) is 1.62. The molecule has 2 aromatic carbocycles. The summed E-state index contributed by atoms with van der Waals surface area (Å²) in [5, 5.41) is 14.2. The van der Waals surface area contributed by atoms with Crippen LogP contribution in [0.5, 0.6) is 0 Å². The summed E-state index contributed by atoms with van der Waals surface area (Å²) in [6, 6.07) is 7.20. The molecule has 2 aliphatic rings. The maximum atomic E-state index is 14.0. The van der Waals surface area contributed by atoms with Crippen molar-refractivity contribution in [1.82, 2.24) is 19.7 Å². The molecule has 1 aliphatic carbocycles. The predicted molar refractivity (Wildman–Crippen MR) is 139 cm³/mol. The normalized spacial score (nSPS) is 22.8. The second kappa shape index (κ2) is 8.46. The van der Waals surface area contributed by atoms with Gasteiger partial charge in [0.1, 0.15) is 23.1 Å². The third-order valence-electron chi connectivity index (χ3n) is 7.92. The Labute approximate surface area is 216 Å². The Hall–Kier alpha value is -3.63. The molecule has 37 heavy (non-hydrogen) atoms. The molecule has 5 N–H and O–H groups in total. The Bertz CT molecular complexity index is 1550. The minimum absolute atomic E-state index is 0.0727. The first kappa shape index (κ1) is 23.7. The van der Waals surface area contributed by atoms with Crippen LogP contribution in [-0.2, 0) is 12.5 Å². The van der Waals surface area contributed by atoms with Gasteiger partial charge in [0.2, 0.25) is 0 Å². The van der Waals surface area contributed by atoms with E-state index >= 15 is 0 Å². The van der Waals surface area contributed by atoms with Gasteiger partial charge in [-0.3, -0.25) is 10.1 Å². The number of nitrogen functional groups attached to an aromatic ring is 1. The van der Waals surface area contributed by atoms with Crippen molar-refractivity contribution in [3.05, 3.63) is 76.2 Å². The fraction of sp³-hybridized carbons (Fsp3) is 0.308. The van der Waals surface area contributed by atoms with Gasteiger partial charge >= 0.3 is 0 Å². The molecule has 0 bridgehead atoms. The van der Waals surface area contributed by atoms with E-state index in [0.29, 0.717) is 41.6 Å². The highest BCUT2D eigenvalue weighted by Crippen LogP contribution is 2.63. The predicted octanol–water partition coefficient (Wildman–Crippen LogP) is 3.65. The maximum Gasteiger partial charge on any atom is 0.154 e. The molecule has 0 unspecified atom stereocenters. The van der Waals surface area contributed by atoms with Crippen molar-refractivity contribution in [3.63, 3.8) is 0 Å². The molecule has 4 aromatic rings. The number of benzene rings is 2. The highest BCUT2D eigenvalue weighted by molar-refractivity contribution is 6.39. The number of hydrogen-bond acceptors (Lipinski definition) is 7. The van der Waals surface area contributed by atoms with Gasteiger partial charge in [0.05, 0.1) is 22.4 Å². The van der Waals surface area contributed by atoms with Gasteiger partial charge in [-0.15, -0.1) is 0 Å². The second-order valence-corrected chi connectivity index (χ2v) is 10.2. The number of rotatable bonds is 5. The number of anilines is 2. The van der Waals surface area contributed by atoms with Crippen LogP contribution in [0.25, 0.3) is 10.9 Å². The summed E-state index contributed by atoms with van der Waals surface area (Å²) in [4.78, 5) is 11.1. The first-order valence-corrected chi connectivity index (χ1v) is 12.4. The smallest absolute Gasteiger partial charge is 0.154 e. The van der Waals surface area contributed by atoms with Gasteiger partial charge < -0.3 is 16.4 Å². The molecule has 0 spiro atoms. The largest absolute Gasteiger partial charge is 0.382 e. The minimum Gasteiger partial charge on any atom is -0.382 e. The average molecular weight is 523 g/mol. The lowest BCUT2D eigenvalue weighted by Gasteiger charge is -2.27. The van der Waals surface area contributed by atoms with E-state index in [9.17, 15) is 8.78 Å². The van der Waals surface area contributed by atoms with Crippen molar-refractivity contribution >= 4 is 39.9 Å². The number of aromatic nitrogens is 4. The van der Waals surface area contributed by atoms with Crippen molar-refractivity contribution in [2.45, 2.75) is 11.8 Å². The van der Waals surface area contributed by atoms with Gasteiger partial charge in [-0.2, -0.15) is 5.10 Å². The molecule has 1 saturated heterocycles. The summed E-state index contributed by atoms with van der Waals surface area (Å²) in [5.74, 6) is -0.0918. The van der Waals surface area contributed by atoms with E-state index in [0.717, 1.165) is 23.4 Å². The van der Waals surface area contributed by atoms with Crippen LogP contribution in [0.3, 0.4) is 0 Å². The third kappa shape index (κ3) is 3.66. The van der Waals surface area contributed by atoms with Crippen LogP contribution in [0.2, 0.25) is 5.02 Å². The lowest BCUT2D eigenvalue weighted by atomic mass is 9.91.